The Bertz CT molecular complexity index is 1340. The van der Waals surface area contributed by atoms with Gasteiger partial charge in [0.05, 0.1) is 35.3 Å². The van der Waals surface area contributed by atoms with Crippen LogP contribution in [0.4, 0.5) is 4.39 Å². The molecule has 4 rings (SSSR count). The van der Waals surface area contributed by atoms with E-state index in [1.165, 1.54) is 4.68 Å². The second kappa shape index (κ2) is 11.2. The minimum Gasteiger partial charge on any atom is -0.497 e. The minimum absolute atomic E-state index is 0.0472. The smallest absolute Gasteiger partial charge is 0.249 e. The van der Waals surface area contributed by atoms with Gasteiger partial charge in [-0.25, -0.2) is 4.68 Å². The van der Waals surface area contributed by atoms with E-state index in [1.807, 2.05) is 18.2 Å². The zero-order chi connectivity index (χ0) is 24.9. The topological polar surface area (TPSA) is 45.5 Å². The quantitative estimate of drug-likeness (QED) is 0.219. The summed E-state index contributed by atoms with van der Waals surface area (Å²) >= 11 is 18.9. The predicted molar refractivity (Wildman–Crippen MR) is 138 cm³/mol. The lowest BCUT2D eigenvalue weighted by atomic mass is 10.1. The van der Waals surface area contributed by atoms with Gasteiger partial charge < -0.3 is 14.2 Å². The first-order chi connectivity index (χ1) is 16.9. The lowest BCUT2D eigenvalue weighted by Gasteiger charge is -2.12. The van der Waals surface area contributed by atoms with Crippen molar-refractivity contribution < 1.29 is 18.6 Å². The molecular formula is C26H22Cl3FN2O3. The summed E-state index contributed by atoms with van der Waals surface area (Å²) in [7, 11) is 1.55. The Labute approximate surface area is 217 Å². The third-order valence-electron chi connectivity index (χ3n) is 5.23. The van der Waals surface area contributed by atoms with Crippen LogP contribution < -0.4 is 14.2 Å². The summed E-state index contributed by atoms with van der Waals surface area (Å²) in [6, 6.07) is 17.8. The predicted octanol–water partition coefficient (Wildman–Crippen LogP) is 7.80. The Kier molecular flexibility index (Phi) is 8.06. The molecule has 5 nitrogen and oxygen atoms in total. The van der Waals surface area contributed by atoms with Crippen LogP contribution in [0, 0.1) is 5.82 Å². The van der Waals surface area contributed by atoms with Gasteiger partial charge in [0, 0.05) is 11.1 Å². The van der Waals surface area contributed by atoms with Crippen LogP contribution in [0.1, 0.15) is 6.92 Å². The Balaban J connectivity index is 1.51. The fraction of sp³-hybridized carbons (Fsp3) is 0.192. The summed E-state index contributed by atoms with van der Waals surface area (Å²) in [6.45, 7) is 2.51. The highest BCUT2D eigenvalue weighted by atomic mass is 35.5. The number of aromatic nitrogens is 2. The Morgan fingerprint density at radius 3 is 2.46 bits per heavy atom. The van der Waals surface area contributed by atoms with Crippen LogP contribution in [0.2, 0.25) is 15.1 Å². The van der Waals surface area contributed by atoms with Crippen molar-refractivity contribution >= 4 is 34.8 Å². The zero-order valence-corrected chi connectivity index (χ0v) is 21.3. The number of ether oxygens (including phenoxy) is 3. The zero-order valence-electron chi connectivity index (χ0n) is 19.0. The first-order valence-corrected chi connectivity index (χ1v) is 12.0. The average Bonchev–Trinajstić information content (AvgIpc) is 3.17. The van der Waals surface area contributed by atoms with Gasteiger partial charge in [-0.2, -0.15) is 9.49 Å². The SMILES string of the molecule is CCOc1c(F)c(-c2cccc(OC)c2)nn1CCOc1ccc(-c2cccc(Cl)c2Cl)cc1Cl. The summed E-state index contributed by atoms with van der Waals surface area (Å²) < 4.78 is 33.2. The molecule has 0 radical (unpaired) electrons. The van der Waals surface area contributed by atoms with Gasteiger partial charge in [0.25, 0.3) is 0 Å². The summed E-state index contributed by atoms with van der Waals surface area (Å²) in [5.74, 6) is 0.592. The van der Waals surface area contributed by atoms with Gasteiger partial charge in [0.1, 0.15) is 23.8 Å². The number of rotatable bonds is 9. The van der Waals surface area contributed by atoms with Gasteiger partial charge in [0.15, 0.2) is 0 Å². The van der Waals surface area contributed by atoms with Crippen LogP contribution in [-0.2, 0) is 6.54 Å². The van der Waals surface area contributed by atoms with E-state index in [1.54, 1.807) is 56.5 Å². The molecule has 0 fully saturated rings. The fourth-order valence-electron chi connectivity index (χ4n) is 3.56. The molecule has 0 spiro atoms. The third kappa shape index (κ3) is 5.50. The van der Waals surface area contributed by atoms with Gasteiger partial charge in [-0.05, 0) is 42.8 Å². The maximum absolute atomic E-state index is 15.2. The second-order valence-corrected chi connectivity index (χ2v) is 8.64. The largest absolute Gasteiger partial charge is 0.497 e. The van der Waals surface area contributed by atoms with E-state index in [2.05, 4.69) is 5.10 Å². The molecule has 1 heterocycles. The minimum atomic E-state index is -0.541. The second-order valence-electron chi connectivity index (χ2n) is 7.45. The lowest BCUT2D eigenvalue weighted by molar-refractivity contribution is 0.253. The lowest BCUT2D eigenvalue weighted by Crippen LogP contribution is -2.12. The molecule has 0 saturated carbocycles. The Morgan fingerprint density at radius 1 is 0.914 bits per heavy atom. The maximum Gasteiger partial charge on any atom is 0.249 e. The van der Waals surface area contributed by atoms with Crippen molar-refractivity contribution in [1.82, 2.24) is 9.78 Å². The molecule has 1 aromatic heterocycles. The van der Waals surface area contributed by atoms with E-state index in [9.17, 15) is 0 Å². The molecule has 0 unspecified atom stereocenters. The first-order valence-electron chi connectivity index (χ1n) is 10.8. The highest BCUT2D eigenvalue weighted by molar-refractivity contribution is 6.43. The van der Waals surface area contributed by atoms with Crippen molar-refractivity contribution in [3.63, 3.8) is 0 Å². The number of methoxy groups -OCH3 is 1. The van der Waals surface area contributed by atoms with Crippen LogP contribution in [0.25, 0.3) is 22.4 Å². The molecule has 4 aromatic rings. The normalized spacial score (nSPS) is 10.9. The molecule has 0 aliphatic heterocycles. The summed E-state index contributed by atoms with van der Waals surface area (Å²) in [6.07, 6.45) is 0. The molecule has 0 amide bonds. The Morgan fingerprint density at radius 2 is 1.71 bits per heavy atom. The van der Waals surface area contributed by atoms with E-state index >= 15 is 4.39 Å². The van der Waals surface area contributed by atoms with Gasteiger partial charge in [-0.15, -0.1) is 0 Å². The van der Waals surface area contributed by atoms with Crippen molar-refractivity contribution in [3.05, 3.63) is 81.5 Å². The van der Waals surface area contributed by atoms with E-state index < -0.39 is 5.82 Å². The summed E-state index contributed by atoms with van der Waals surface area (Å²) in [5, 5.41) is 5.75. The number of hydrogen-bond donors (Lipinski definition) is 0. The molecule has 0 aliphatic carbocycles. The number of hydrogen-bond acceptors (Lipinski definition) is 4. The van der Waals surface area contributed by atoms with Crippen LogP contribution in [0.3, 0.4) is 0 Å². The Hall–Kier alpha value is -2.93. The van der Waals surface area contributed by atoms with Crippen LogP contribution in [0.5, 0.6) is 17.4 Å². The molecule has 182 valence electrons. The monoisotopic (exact) mass is 534 g/mol. The standard InChI is InChI=1S/C26H22Cl3FN2O3/c1-3-34-26-24(30)25(17-6-4-7-18(14-17)33-2)31-32(26)12-13-35-22-11-10-16(15-21(22)28)19-8-5-9-20(27)23(19)29/h4-11,14-15H,3,12-13H2,1-2H3. The van der Waals surface area contributed by atoms with Crippen LogP contribution in [-0.4, -0.2) is 30.1 Å². The van der Waals surface area contributed by atoms with Crippen molar-refractivity contribution in [3.8, 4) is 39.8 Å². The molecule has 0 aliphatic rings. The molecule has 0 atom stereocenters. The highest BCUT2D eigenvalue weighted by Gasteiger charge is 2.21. The van der Waals surface area contributed by atoms with Crippen molar-refractivity contribution in [2.45, 2.75) is 13.5 Å². The third-order valence-corrected chi connectivity index (χ3v) is 6.34. The first kappa shape index (κ1) is 25.2. The van der Waals surface area contributed by atoms with Crippen molar-refractivity contribution in [2.24, 2.45) is 0 Å². The van der Waals surface area contributed by atoms with E-state index in [4.69, 9.17) is 49.0 Å². The number of benzene rings is 3. The molecule has 0 saturated heterocycles. The van der Waals surface area contributed by atoms with Gasteiger partial charge >= 0.3 is 0 Å². The highest BCUT2D eigenvalue weighted by Crippen LogP contribution is 2.37. The molecular weight excluding hydrogens is 514 g/mol. The van der Waals surface area contributed by atoms with E-state index in [0.29, 0.717) is 38.7 Å². The number of halogens is 4. The van der Waals surface area contributed by atoms with E-state index in [-0.39, 0.29) is 24.7 Å². The molecule has 0 bridgehead atoms. The molecule has 3 aromatic carbocycles. The summed E-state index contributed by atoms with van der Waals surface area (Å²) in [5.41, 5.74) is 2.34. The van der Waals surface area contributed by atoms with Crippen LogP contribution >= 0.6 is 34.8 Å². The van der Waals surface area contributed by atoms with Crippen LogP contribution in [0.15, 0.2) is 60.7 Å². The number of nitrogens with zero attached hydrogens (tertiary/aromatic N) is 2. The maximum atomic E-state index is 15.2. The average molecular weight is 536 g/mol. The fourth-order valence-corrected chi connectivity index (χ4v) is 4.20. The molecule has 35 heavy (non-hydrogen) atoms. The van der Waals surface area contributed by atoms with Gasteiger partial charge in [0.2, 0.25) is 11.7 Å². The summed E-state index contributed by atoms with van der Waals surface area (Å²) in [4.78, 5) is 0. The van der Waals surface area contributed by atoms with Crippen molar-refractivity contribution in [2.75, 3.05) is 20.3 Å². The van der Waals surface area contributed by atoms with Crippen molar-refractivity contribution in [1.29, 1.82) is 0 Å². The molecule has 0 N–H and O–H groups in total. The van der Waals surface area contributed by atoms with E-state index in [0.717, 1.165) is 11.1 Å². The van der Waals surface area contributed by atoms with Gasteiger partial charge in [-0.1, -0.05) is 65.1 Å². The molecule has 9 heteroatoms. The van der Waals surface area contributed by atoms with Gasteiger partial charge in [-0.3, -0.25) is 0 Å².